The van der Waals surface area contributed by atoms with Crippen molar-refractivity contribution in [3.05, 3.63) is 92.6 Å². The zero-order valence-electron chi connectivity index (χ0n) is 23.0. The van der Waals surface area contributed by atoms with Crippen LogP contribution in [0.5, 0.6) is 0 Å². The summed E-state index contributed by atoms with van der Waals surface area (Å²) in [6, 6.07) is 18.0. The van der Waals surface area contributed by atoms with E-state index >= 15 is 0 Å². The maximum atomic E-state index is 13.3. The Bertz CT molecular complexity index is 1770. The van der Waals surface area contributed by atoms with Gasteiger partial charge in [0.1, 0.15) is 6.10 Å². The van der Waals surface area contributed by atoms with Crippen molar-refractivity contribution in [3.63, 3.8) is 0 Å². The van der Waals surface area contributed by atoms with Crippen LogP contribution < -0.4 is 16.6 Å². The van der Waals surface area contributed by atoms with Gasteiger partial charge >= 0.3 is 5.69 Å². The van der Waals surface area contributed by atoms with E-state index in [1.807, 2.05) is 60.7 Å². The smallest absolute Gasteiger partial charge is 0.328 e. The normalized spacial score (nSPS) is 20.6. The number of nitrogens with zero attached hydrogens (tertiary/aromatic N) is 2. The summed E-state index contributed by atoms with van der Waals surface area (Å²) in [7, 11) is -4.01. The number of aromatic nitrogens is 4. The molecule has 4 atom stereocenters. The lowest BCUT2D eigenvalue weighted by molar-refractivity contribution is -0.114. The van der Waals surface area contributed by atoms with E-state index in [0.29, 0.717) is 0 Å². The second-order valence-corrected chi connectivity index (χ2v) is 11.8. The fourth-order valence-corrected chi connectivity index (χ4v) is 5.91. The van der Waals surface area contributed by atoms with Crippen LogP contribution in [0, 0.1) is 5.92 Å². The third-order valence-electron chi connectivity index (χ3n) is 6.97. The molecule has 2 aromatic heterocycles. The molecule has 0 aliphatic heterocycles. The summed E-state index contributed by atoms with van der Waals surface area (Å²) < 4.78 is 44.1. The molecule has 0 bridgehead atoms. The van der Waals surface area contributed by atoms with Crippen molar-refractivity contribution in [2.45, 2.75) is 44.8 Å². The molecule has 1 aliphatic carbocycles. The lowest BCUT2D eigenvalue weighted by Gasteiger charge is -2.26. The maximum absolute atomic E-state index is 13.3. The number of amides is 1. The van der Waals surface area contributed by atoms with Crippen LogP contribution in [0.4, 0.5) is 5.95 Å². The highest BCUT2D eigenvalue weighted by Gasteiger charge is 2.49. The van der Waals surface area contributed by atoms with Crippen LogP contribution in [0.25, 0.3) is 11.2 Å². The lowest BCUT2D eigenvalue weighted by Crippen LogP contribution is -2.37. The lowest BCUT2D eigenvalue weighted by atomic mass is 10.0. The van der Waals surface area contributed by atoms with Crippen LogP contribution in [-0.4, -0.2) is 58.9 Å². The summed E-state index contributed by atoms with van der Waals surface area (Å²) in [6.45, 7) is 1.80. The van der Waals surface area contributed by atoms with Crippen LogP contribution in [0.3, 0.4) is 0 Å². The summed E-state index contributed by atoms with van der Waals surface area (Å²) in [5, 5.41) is 2.41. The van der Waals surface area contributed by atoms with Crippen molar-refractivity contribution in [1.29, 1.82) is 0 Å². The number of benzene rings is 2. The largest absolute Gasteiger partial charge is 0.376 e. The molecule has 0 saturated heterocycles. The van der Waals surface area contributed by atoms with E-state index in [9.17, 15) is 22.8 Å². The van der Waals surface area contributed by atoms with Gasteiger partial charge in [0.05, 0.1) is 38.2 Å². The van der Waals surface area contributed by atoms with Gasteiger partial charge in [-0.15, -0.1) is 0 Å². The number of aromatic amines is 2. The predicted octanol–water partition coefficient (Wildman–Crippen LogP) is 2.08. The highest BCUT2D eigenvalue weighted by atomic mass is 32.2. The molecule has 4 aromatic rings. The Morgan fingerprint density at radius 2 is 1.67 bits per heavy atom. The van der Waals surface area contributed by atoms with E-state index in [-0.39, 0.29) is 43.4 Å². The number of carbonyl (C=O) groups excluding carboxylic acids is 1. The second-order valence-electron chi connectivity index (χ2n) is 10.2. The van der Waals surface area contributed by atoms with E-state index < -0.39 is 51.4 Å². The molecule has 0 radical (unpaired) electrons. The number of H-pyrrole nitrogens is 2. The average molecular weight is 598 g/mol. The van der Waals surface area contributed by atoms with Gasteiger partial charge in [-0.1, -0.05) is 60.7 Å². The van der Waals surface area contributed by atoms with E-state index in [1.165, 1.54) is 11.5 Å². The van der Waals surface area contributed by atoms with Gasteiger partial charge in [-0.05, 0) is 17.5 Å². The van der Waals surface area contributed by atoms with Crippen molar-refractivity contribution >= 4 is 33.1 Å². The molecule has 1 amide bonds. The molecular formula is C28H31N5O8S. The first-order valence-electron chi connectivity index (χ1n) is 13.3. The third kappa shape index (κ3) is 6.85. The fraction of sp³-hybridized carbons (Fsp3) is 0.357. The van der Waals surface area contributed by atoms with Crippen molar-refractivity contribution in [1.82, 2.24) is 19.5 Å². The Hall–Kier alpha value is -4.11. The molecule has 14 heteroatoms. The Morgan fingerprint density at radius 1 is 1.02 bits per heavy atom. The summed E-state index contributed by atoms with van der Waals surface area (Å²) >= 11 is 0. The molecule has 0 unspecified atom stereocenters. The summed E-state index contributed by atoms with van der Waals surface area (Å²) in [5.41, 5.74) is 0.268. The Balaban J connectivity index is 1.53. The molecule has 5 rings (SSSR count). The number of hydrogen-bond donors (Lipinski definition) is 3. The number of carbonyl (C=O) groups is 1. The molecule has 1 fully saturated rings. The van der Waals surface area contributed by atoms with Gasteiger partial charge < -0.3 is 9.47 Å². The molecule has 2 heterocycles. The van der Waals surface area contributed by atoms with E-state index in [4.69, 9.17) is 13.7 Å². The molecule has 3 N–H and O–H groups in total. The molecule has 2 aromatic carbocycles. The first-order valence-corrected chi connectivity index (χ1v) is 15.1. The van der Waals surface area contributed by atoms with Crippen molar-refractivity contribution in [3.8, 4) is 0 Å². The molecule has 1 saturated carbocycles. The van der Waals surface area contributed by atoms with E-state index in [0.717, 1.165) is 17.4 Å². The van der Waals surface area contributed by atoms with Gasteiger partial charge in [-0.25, -0.2) is 4.79 Å². The number of hydrogen-bond acceptors (Lipinski definition) is 9. The monoisotopic (exact) mass is 597 g/mol. The summed E-state index contributed by atoms with van der Waals surface area (Å²) in [6.07, 6.45) is -0.603. The molecule has 1 aliphatic rings. The third-order valence-corrected chi connectivity index (χ3v) is 7.54. The number of anilines is 1. The number of rotatable bonds is 11. The van der Waals surface area contributed by atoms with Gasteiger partial charge in [-0.2, -0.15) is 13.4 Å². The fourth-order valence-electron chi connectivity index (χ4n) is 5.24. The minimum atomic E-state index is -4.01. The summed E-state index contributed by atoms with van der Waals surface area (Å²) in [4.78, 5) is 46.8. The topological polar surface area (TPSA) is 174 Å². The number of ether oxygens (including phenoxy) is 2. The first-order chi connectivity index (χ1) is 20.1. The van der Waals surface area contributed by atoms with Crippen LogP contribution in [0.2, 0.25) is 0 Å². The molecule has 222 valence electrons. The Morgan fingerprint density at radius 3 is 2.29 bits per heavy atom. The predicted molar refractivity (Wildman–Crippen MR) is 153 cm³/mol. The maximum Gasteiger partial charge on any atom is 0.328 e. The van der Waals surface area contributed by atoms with Crippen LogP contribution in [-0.2, 0) is 41.8 Å². The van der Waals surface area contributed by atoms with Gasteiger partial charge in [0, 0.05) is 12.8 Å². The number of fused-ring (bicyclic) bond motifs is 1. The Labute approximate surface area is 241 Å². The van der Waals surface area contributed by atoms with Gasteiger partial charge in [0.2, 0.25) is 11.9 Å². The van der Waals surface area contributed by atoms with Gasteiger partial charge in [-0.3, -0.25) is 33.6 Å². The van der Waals surface area contributed by atoms with Crippen LogP contribution >= 0.6 is 0 Å². The van der Waals surface area contributed by atoms with Gasteiger partial charge in [0.25, 0.3) is 15.7 Å². The highest BCUT2D eigenvalue weighted by molar-refractivity contribution is 7.86. The first kappa shape index (κ1) is 29.4. The zero-order chi connectivity index (χ0) is 29.9. The van der Waals surface area contributed by atoms with E-state index in [1.54, 1.807) is 0 Å². The van der Waals surface area contributed by atoms with E-state index in [2.05, 4.69) is 20.3 Å². The van der Waals surface area contributed by atoms with Gasteiger partial charge in [0.15, 0.2) is 11.2 Å². The summed E-state index contributed by atoms with van der Waals surface area (Å²) in [5.74, 6) is -1.26. The molecule has 13 nitrogen and oxygen atoms in total. The van der Waals surface area contributed by atoms with Crippen molar-refractivity contribution in [2.75, 3.05) is 18.2 Å². The minimum Gasteiger partial charge on any atom is -0.376 e. The van der Waals surface area contributed by atoms with Crippen molar-refractivity contribution in [2.24, 2.45) is 5.92 Å². The highest BCUT2D eigenvalue weighted by Crippen LogP contribution is 2.41. The van der Waals surface area contributed by atoms with Crippen LogP contribution in [0.1, 0.15) is 30.5 Å². The SMILES string of the molecule is CC(=O)Nc1nc2c([nH]c(=O)n2[C@H]2C[C@H](OCc3ccccc3)[C@@H](COCc3ccccc3)[C@@H]2OS(C)(=O)=O)c(=O)[nH]1. The quantitative estimate of drug-likeness (QED) is 0.219. The Kier molecular flexibility index (Phi) is 8.68. The molecule has 0 spiro atoms. The number of nitrogens with one attached hydrogen (secondary N) is 3. The standard InChI is InChI=1S/C28H31N5O8S/c1-17(34)29-27-31-25-23(26(35)32-27)30-28(36)33(25)21-13-22(40-15-19-11-7-4-8-12-19)20(24(21)41-42(2,37)38)16-39-14-18-9-5-3-6-10-18/h3-12,20-22,24H,13-16H2,1-2H3,(H,30,36)(H2,29,31,32,34,35)/t20-,21+,22+,24+/m1/s1. The number of imidazole rings is 1. The minimum absolute atomic E-state index is 0.0627. The van der Waals surface area contributed by atoms with Crippen molar-refractivity contribution < 1.29 is 26.9 Å². The second kappa shape index (κ2) is 12.4. The average Bonchev–Trinajstić information content (AvgIpc) is 3.43. The zero-order valence-corrected chi connectivity index (χ0v) is 23.8. The molecule has 42 heavy (non-hydrogen) atoms. The molecular weight excluding hydrogens is 566 g/mol. The van der Waals surface area contributed by atoms with Crippen LogP contribution in [0.15, 0.2) is 70.3 Å².